The van der Waals surface area contributed by atoms with E-state index in [1.807, 2.05) is 0 Å². The van der Waals surface area contributed by atoms with Crippen molar-refractivity contribution in [2.45, 2.75) is 37.8 Å². The molecular formula is C14H26N2O2. The number of hydrogen-bond donors (Lipinski definition) is 1. The van der Waals surface area contributed by atoms with E-state index in [0.29, 0.717) is 0 Å². The molecule has 0 saturated carbocycles. The molecule has 4 nitrogen and oxygen atoms in total. The van der Waals surface area contributed by atoms with Crippen molar-refractivity contribution in [3.05, 3.63) is 0 Å². The highest BCUT2D eigenvalue weighted by Crippen LogP contribution is 2.33. The molecule has 0 aromatic rings. The van der Waals surface area contributed by atoms with Crippen molar-refractivity contribution >= 4 is 0 Å². The first kappa shape index (κ1) is 12.9. The topological polar surface area (TPSA) is 35.9 Å². The third kappa shape index (κ3) is 2.31. The molecule has 0 spiro atoms. The lowest BCUT2D eigenvalue weighted by Gasteiger charge is -2.34. The zero-order valence-corrected chi connectivity index (χ0v) is 11.5. The largest absolute Gasteiger partial charge is 0.396 e. The van der Waals surface area contributed by atoms with Crippen LogP contribution in [0.5, 0.6) is 0 Å². The molecule has 3 aliphatic heterocycles. The number of ether oxygens (including phenoxy) is 1. The summed E-state index contributed by atoms with van der Waals surface area (Å²) in [4.78, 5) is 5.15. The lowest BCUT2D eigenvalue weighted by molar-refractivity contribution is 0.0538. The first-order valence-corrected chi connectivity index (χ1v) is 7.35. The van der Waals surface area contributed by atoms with Crippen LogP contribution >= 0.6 is 0 Å². The van der Waals surface area contributed by atoms with Crippen molar-refractivity contribution in [3.8, 4) is 0 Å². The van der Waals surface area contributed by atoms with Crippen molar-refractivity contribution in [2.75, 3.05) is 46.5 Å². The fourth-order valence-corrected chi connectivity index (χ4v) is 3.95. The summed E-state index contributed by atoms with van der Waals surface area (Å²) in [5.41, 5.74) is 0.0160. The summed E-state index contributed by atoms with van der Waals surface area (Å²) in [7, 11) is 2.28. The molecule has 0 aromatic carbocycles. The fraction of sp³-hybridized carbons (Fsp3) is 1.00. The lowest BCUT2D eigenvalue weighted by atomic mass is 9.87. The van der Waals surface area contributed by atoms with E-state index >= 15 is 0 Å². The van der Waals surface area contributed by atoms with E-state index in [2.05, 4.69) is 16.8 Å². The molecule has 104 valence electrons. The molecule has 0 amide bonds. The van der Waals surface area contributed by atoms with Gasteiger partial charge in [-0.3, -0.25) is 4.90 Å². The second-order valence-electron chi connectivity index (χ2n) is 6.53. The van der Waals surface area contributed by atoms with Gasteiger partial charge < -0.3 is 14.7 Å². The molecule has 3 heterocycles. The minimum atomic E-state index is 0.0160. The van der Waals surface area contributed by atoms with Gasteiger partial charge in [0.15, 0.2) is 0 Å². The summed E-state index contributed by atoms with van der Waals surface area (Å²) < 4.78 is 5.51. The maximum absolute atomic E-state index is 9.68. The Morgan fingerprint density at radius 3 is 2.83 bits per heavy atom. The average Bonchev–Trinajstić information content (AvgIpc) is 2.90. The summed E-state index contributed by atoms with van der Waals surface area (Å²) in [6.07, 6.45) is 5.03. The van der Waals surface area contributed by atoms with E-state index in [0.717, 1.165) is 38.3 Å². The number of likely N-dealkylation sites (N-methyl/N-ethyl adjacent to an activating group) is 1. The van der Waals surface area contributed by atoms with Crippen LogP contribution in [0, 0.1) is 5.41 Å². The number of hydrogen-bond acceptors (Lipinski definition) is 4. The first-order chi connectivity index (χ1) is 8.72. The third-order valence-corrected chi connectivity index (χ3v) is 5.31. The van der Waals surface area contributed by atoms with Crippen LogP contribution in [0.4, 0.5) is 0 Å². The lowest BCUT2D eigenvalue weighted by Crippen LogP contribution is -2.44. The average molecular weight is 254 g/mol. The molecule has 0 aliphatic carbocycles. The van der Waals surface area contributed by atoms with Crippen LogP contribution in [-0.2, 0) is 4.74 Å². The van der Waals surface area contributed by atoms with Gasteiger partial charge in [0.2, 0.25) is 0 Å². The van der Waals surface area contributed by atoms with E-state index in [1.54, 1.807) is 0 Å². The quantitative estimate of drug-likeness (QED) is 0.798. The molecule has 3 rings (SSSR count). The highest BCUT2D eigenvalue weighted by Gasteiger charge is 2.40. The zero-order valence-electron chi connectivity index (χ0n) is 11.5. The van der Waals surface area contributed by atoms with Crippen molar-refractivity contribution in [1.29, 1.82) is 0 Å². The van der Waals surface area contributed by atoms with E-state index in [4.69, 9.17) is 4.74 Å². The number of fused-ring (bicyclic) bond motifs is 2. The number of aliphatic hydroxyl groups excluding tert-OH is 1. The van der Waals surface area contributed by atoms with Crippen molar-refractivity contribution in [1.82, 2.24) is 9.80 Å². The highest BCUT2D eigenvalue weighted by atomic mass is 16.5. The predicted molar refractivity (Wildman–Crippen MR) is 70.6 cm³/mol. The number of nitrogens with zero attached hydrogens (tertiary/aromatic N) is 2. The first-order valence-electron chi connectivity index (χ1n) is 7.35. The van der Waals surface area contributed by atoms with Gasteiger partial charge in [-0.25, -0.2) is 0 Å². The predicted octanol–water partition coefficient (Wildman–Crippen LogP) is 0.554. The summed E-state index contributed by atoms with van der Waals surface area (Å²) in [5, 5.41) is 9.68. The molecule has 1 N–H and O–H groups in total. The van der Waals surface area contributed by atoms with Gasteiger partial charge in [0.25, 0.3) is 0 Å². The van der Waals surface area contributed by atoms with Crippen molar-refractivity contribution in [3.63, 3.8) is 0 Å². The van der Waals surface area contributed by atoms with Crippen LogP contribution in [0.1, 0.15) is 25.7 Å². The number of aliphatic hydroxyl groups is 1. The van der Waals surface area contributed by atoms with Gasteiger partial charge in [0, 0.05) is 37.2 Å². The molecule has 3 atom stereocenters. The molecule has 3 aliphatic rings. The fourth-order valence-electron chi connectivity index (χ4n) is 3.95. The monoisotopic (exact) mass is 254 g/mol. The maximum atomic E-state index is 9.68. The highest BCUT2D eigenvalue weighted by molar-refractivity contribution is 4.94. The van der Waals surface area contributed by atoms with Gasteiger partial charge in [-0.2, -0.15) is 0 Å². The Kier molecular flexibility index (Phi) is 3.63. The Hall–Kier alpha value is -0.160. The molecule has 0 aromatic heterocycles. The molecule has 0 radical (unpaired) electrons. The summed E-state index contributed by atoms with van der Waals surface area (Å²) >= 11 is 0. The Bertz CT molecular complexity index is 292. The van der Waals surface area contributed by atoms with E-state index in [1.165, 1.54) is 32.4 Å². The molecule has 3 fully saturated rings. The van der Waals surface area contributed by atoms with E-state index in [9.17, 15) is 5.11 Å². The maximum Gasteiger partial charge on any atom is 0.0557 e. The third-order valence-electron chi connectivity index (χ3n) is 5.31. The van der Waals surface area contributed by atoms with Crippen LogP contribution in [0.3, 0.4) is 0 Å². The molecule has 3 unspecified atom stereocenters. The standard InChI is InChI=1S/C14H26N2O2/c1-15-12-2-3-13(15)8-16(6-4-12)9-14(10-17)5-7-18-11-14/h12-13,17H,2-11H2,1H3. The molecule has 4 heteroatoms. The Morgan fingerprint density at radius 1 is 1.28 bits per heavy atom. The van der Waals surface area contributed by atoms with Crippen LogP contribution in [-0.4, -0.2) is 73.5 Å². The molecule has 2 bridgehead atoms. The summed E-state index contributed by atoms with van der Waals surface area (Å²) in [6.45, 7) is 5.21. The van der Waals surface area contributed by atoms with Crippen molar-refractivity contribution in [2.24, 2.45) is 5.41 Å². The zero-order chi connectivity index (χ0) is 12.6. The Labute approximate surface area is 110 Å². The van der Waals surface area contributed by atoms with Gasteiger partial charge in [-0.1, -0.05) is 0 Å². The molecular weight excluding hydrogens is 228 g/mol. The minimum absolute atomic E-state index is 0.0160. The van der Waals surface area contributed by atoms with E-state index in [-0.39, 0.29) is 12.0 Å². The van der Waals surface area contributed by atoms with Crippen LogP contribution < -0.4 is 0 Å². The Morgan fingerprint density at radius 2 is 2.11 bits per heavy atom. The van der Waals surface area contributed by atoms with Crippen LogP contribution in [0.25, 0.3) is 0 Å². The smallest absolute Gasteiger partial charge is 0.0557 e. The van der Waals surface area contributed by atoms with Gasteiger partial charge in [0.1, 0.15) is 0 Å². The minimum Gasteiger partial charge on any atom is -0.396 e. The Balaban J connectivity index is 1.63. The summed E-state index contributed by atoms with van der Waals surface area (Å²) in [5.74, 6) is 0. The van der Waals surface area contributed by atoms with Crippen LogP contribution in [0.15, 0.2) is 0 Å². The summed E-state index contributed by atoms with van der Waals surface area (Å²) in [6, 6.07) is 1.53. The van der Waals surface area contributed by atoms with Gasteiger partial charge in [-0.05, 0) is 39.3 Å². The van der Waals surface area contributed by atoms with Crippen molar-refractivity contribution < 1.29 is 9.84 Å². The molecule has 3 saturated heterocycles. The number of rotatable bonds is 3. The SMILES string of the molecule is CN1C2CCC1CN(CC1(CO)CCOC1)CC2. The van der Waals surface area contributed by atoms with Gasteiger partial charge in [-0.15, -0.1) is 0 Å². The number of likely N-dealkylation sites (tertiary alicyclic amines) is 1. The van der Waals surface area contributed by atoms with Crippen LogP contribution in [0.2, 0.25) is 0 Å². The van der Waals surface area contributed by atoms with Gasteiger partial charge in [0.05, 0.1) is 13.2 Å². The normalized spacial score (nSPS) is 42.3. The van der Waals surface area contributed by atoms with E-state index < -0.39 is 0 Å². The second-order valence-corrected chi connectivity index (χ2v) is 6.53. The van der Waals surface area contributed by atoms with Gasteiger partial charge >= 0.3 is 0 Å². The second kappa shape index (κ2) is 5.08. The molecule has 18 heavy (non-hydrogen) atoms.